The molecule has 9 N–H and O–H groups in total. The van der Waals surface area contributed by atoms with Gasteiger partial charge in [-0.15, -0.1) is 0 Å². The van der Waals surface area contributed by atoms with E-state index in [0.717, 1.165) is 83.5 Å². The van der Waals surface area contributed by atoms with Crippen LogP contribution in [0.4, 0.5) is 0 Å². The second-order valence-corrected chi connectivity index (χ2v) is 30.6. The Labute approximate surface area is 626 Å². The Morgan fingerprint density at radius 3 is 1.04 bits per heavy atom. The maximum absolute atomic E-state index is 13.4. The largest absolute Gasteiger partial charge is 0.394 e. The summed E-state index contributed by atoms with van der Waals surface area (Å²) >= 11 is 0. The van der Waals surface area contributed by atoms with Gasteiger partial charge < -0.3 is 65.1 Å². The molecule has 598 valence electrons. The van der Waals surface area contributed by atoms with Crippen LogP contribution in [0.3, 0.4) is 0 Å². The van der Waals surface area contributed by atoms with Crippen LogP contribution in [0.15, 0.2) is 60.8 Å². The molecule has 0 aliphatic carbocycles. The molecule has 0 radical (unpaired) electrons. The van der Waals surface area contributed by atoms with Crippen LogP contribution in [0, 0.1) is 0 Å². The molecule has 2 aliphatic rings. The molecule has 0 aromatic rings. The predicted octanol–water partition coefficient (Wildman–Crippen LogP) is 20.7. The third kappa shape index (κ3) is 53.5. The number of ether oxygens (including phenoxy) is 4. The second kappa shape index (κ2) is 71.6. The quantitative estimate of drug-likeness (QED) is 0.0204. The minimum Gasteiger partial charge on any atom is -0.394 e. The highest BCUT2D eigenvalue weighted by Crippen LogP contribution is 2.31. The van der Waals surface area contributed by atoms with Crippen molar-refractivity contribution in [2.45, 2.75) is 473 Å². The van der Waals surface area contributed by atoms with Gasteiger partial charge in [0.1, 0.15) is 48.8 Å². The van der Waals surface area contributed by atoms with E-state index in [9.17, 15) is 45.6 Å². The number of allylic oxidation sites excluding steroid dienone is 10. The van der Waals surface area contributed by atoms with Gasteiger partial charge >= 0.3 is 0 Å². The molecule has 12 atom stereocenters. The fourth-order valence-corrected chi connectivity index (χ4v) is 14.4. The molecule has 2 rings (SSSR count). The van der Waals surface area contributed by atoms with Crippen molar-refractivity contribution in [1.82, 2.24) is 5.32 Å². The van der Waals surface area contributed by atoms with Gasteiger partial charge in [0.15, 0.2) is 12.6 Å². The van der Waals surface area contributed by atoms with Crippen LogP contribution in [0.1, 0.15) is 399 Å². The first-order chi connectivity index (χ1) is 50.1. The molecule has 1 amide bonds. The van der Waals surface area contributed by atoms with Crippen molar-refractivity contribution in [3.8, 4) is 0 Å². The minimum atomic E-state index is -1.78. The highest BCUT2D eigenvalue weighted by molar-refractivity contribution is 5.76. The predicted molar refractivity (Wildman–Crippen MR) is 424 cm³/mol. The lowest BCUT2D eigenvalue weighted by Crippen LogP contribution is -2.65. The fourth-order valence-electron chi connectivity index (χ4n) is 14.4. The van der Waals surface area contributed by atoms with Crippen molar-refractivity contribution in [2.75, 3.05) is 19.8 Å². The first-order valence-corrected chi connectivity index (χ1v) is 43.5. The normalized spacial score (nSPS) is 21.9. The summed E-state index contributed by atoms with van der Waals surface area (Å²) < 4.78 is 23.0. The average molecular weight is 1440 g/mol. The summed E-state index contributed by atoms with van der Waals surface area (Å²) in [5.41, 5.74) is 0. The third-order valence-corrected chi connectivity index (χ3v) is 21.2. The molecule has 0 spiro atoms. The lowest BCUT2D eigenvalue weighted by atomic mass is 9.97. The zero-order chi connectivity index (χ0) is 73.7. The Morgan fingerprint density at radius 2 is 0.676 bits per heavy atom. The number of hydrogen-bond acceptors (Lipinski definition) is 13. The number of unbranched alkanes of at least 4 members (excludes halogenated alkanes) is 51. The van der Waals surface area contributed by atoms with Gasteiger partial charge in [-0.25, -0.2) is 0 Å². The van der Waals surface area contributed by atoms with E-state index >= 15 is 0 Å². The number of hydrogen-bond donors (Lipinski definition) is 9. The van der Waals surface area contributed by atoms with E-state index in [0.29, 0.717) is 12.8 Å². The molecule has 0 aromatic heterocycles. The van der Waals surface area contributed by atoms with Gasteiger partial charge in [0.2, 0.25) is 5.91 Å². The van der Waals surface area contributed by atoms with Gasteiger partial charge in [-0.3, -0.25) is 4.79 Å². The van der Waals surface area contributed by atoms with E-state index in [1.807, 2.05) is 0 Å². The van der Waals surface area contributed by atoms with Crippen LogP contribution in [0.25, 0.3) is 0 Å². The summed E-state index contributed by atoms with van der Waals surface area (Å²) in [6, 6.07) is -0.830. The van der Waals surface area contributed by atoms with E-state index in [1.165, 1.54) is 289 Å². The van der Waals surface area contributed by atoms with E-state index in [2.05, 4.69) is 79.9 Å². The Balaban J connectivity index is 1.56. The fraction of sp³-hybridized carbons (Fsp3) is 0.875. The number of rotatable bonds is 74. The number of aliphatic hydroxyl groups excluding tert-OH is 8. The Kier molecular flexibility index (Phi) is 67.2. The van der Waals surface area contributed by atoms with Crippen molar-refractivity contribution >= 4 is 5.91 Å². The Hall–Kier alpha value is -2.31. The van der Waals surface area contributed by atoms with Crippen LogP contribution >= 0.6 is 0 Å². The third-order valence-electron chi connectivity index (χ3n) is 21.2. The standard InChI is InChI=1S/C88H163NO13/c1-3-5-7-9-11-13-15-17-19-21-23-25-27-29-31-33-34-35-36-37-38-39-40-41-42-44-46-48-50-52-54-56-58-60-62-64-66-68-70-72-80(93)89-76(75-99-87-85(98)83(96)86(79(74-91)101-87)102-88-84(97)82(95)81(94)78(73-90)100-88)77(92)71-69-67-65-63-61-59-57-55-53-51-49-47-45-43-32-30-28-26-24-22-20-18-16-14-12-10-8-6-4-2/h5,7,11,13,17,19,23,25,29,31,76-79,81-88,90-92,94-98H,3-4,6,8-10,12,14-16,18,20-22,24,26-28,30,32-75H2,1-2H3,(H,89,93)/b7-5-,13-11-,19-17-,25-23-,31-29-. The Bertz CT molecular complexity index is 1950. The van der Waals surface area contributed by atoms with E-state index in [-0.39, 0.29) is 12.5 Å². The summed E-state index contributed by atoms with van der Waals surface area (Å²) in [6.07, 6.45) is 81.4. The number of aliphatic hydroxyl groups is 8. The molecular weight excluding hydrogens is 1280 g/mol. The van der Waals surface area contributed by atoms with E-state index in [1.54, 1.807) is 0 Å². The molecule has 0 aromatic carbocycles. The topological polar surface area (TPSA) is 228 Å². The van der Waals surface area contributed by atoms with Crippen molar-refractivity contribution in [2.24, 2.45) is 0 Å². The van der Waals surface area contributed by atoms with Gasteiger partial charge in [-0.1, -0.05) is 396 Å². The maximum atomic E-state index is 13.4. The van der Waals surface area contributed by atoms with Crippen LogP contribution in [0.5, 0.6) is 0 Å². The maximum Gasteiger partial charge on any atom is 0.220 e. The second-order valence-electron chi connectivity index (χ2n) is 30.6. The summed E-state index contributed by atoms with van der Waals surface area (Å²) in [5.74, 6) is -0.198. The summed E-state index contributed by atoms with van der Waals surface area (Å²) in [4.78, 5) is 13.4. The average Bonchev–Trinajstić information content (AvgIpc) is 0.790. The SMILES string of the molecule is CC/C=C\C/C=C\C/C=C\C/C=C\C/C=C\CCCCCCCCCCCCCCCCCCCCCCCCCC(=O)NC(COC1OC(CO)C(OC2OC(CO)C(O)C(O)C2O)C(O)C1O)C(O)CCCCCCCCCCCCCCCCCCCCCCCCCCCCCCC. The number of carbonyl (C=O) groups excluding carboxylic acids is 1. The van der Waals surface area contributed by atoms with Gasteiger partial charge in [-0.05, 0) is 57.8 Å². The lowest BCUT2D eigenvalue weighted by Gasteiger charge is -2.46. The molecular formula is C88H163NO13. The van der Waals surface area contributed by atoms with Crippen LogP contribution in [0.2, 0.25) is 0 Å². The summed E-state index contributed by atoms with van der Waals surface area (Å²) in [5, 5.41) is 88.0. The Morgan fingerprint density at radius 1 is 0.363 bits per heavy atom. The number of carbonyl (C=O) groups is 1. The van der Waals surface area contributed by atoms with Crippen molar-refractivity contribution in [3.05, 3.63) is 60.8 Å². The first kappa shape index (κ1) is 95.8. The lowest BCUT2D eigenvalue weighted by molar-refractivity contribution is -0.359. The first-order valence-electron chi connectivity index (χ1n) is 43.5. The monoisotopic (exact) mass is 1440 g/mol. The van der Waals surface area contributed by atoms with Crippen molar-refractivity contribution in [1.29, 1.82) is 0 Å². The summed E-state index contributed by atoms with van der Waals surface area (Å²) in [7, 11) is 0. The van der Waals surface area contributed by atoms with Crippen LogP contribution in [-0.4, -0.2) is 140 Å². The molecule has 2 saturated heterocycles. The van der Waals surface area contributed by atoms with E-state index < -0.39 is 86.8 Å². The van der Waals surface area contributed by atoms with Gasteiger partial charge in [-0.2, -0.15) is 0 Å². The number of nitrogens with one attached hydrogen (secondary N) is 1. The minimum absolute atomic E-state index is 0.198. The van der Waals surface area contributed by atoms with Crippen molar-refractivity contribution < 1.29 is 64.6 Å². The highest BCUT2D eigenvalue weighted by atomic mass is 16.7. The zero-order valence-corrected chi connectivity index (χ0v) is 65.9. The van der Waals surface area contributed by atoms with Gasteiger partial charge in [0.25, 0.3) is 0 Å². The van der Waals surface area contributed by atoms with Crippen LogP contribution < -0.4 is 5.32 Å². The molecule has 0 bridgehead atoms. The highest BCUT2D eigenvalue weighted by Gasteiger charge is 2.51. The van der Waals surface area contributed by atoms with Crippen molar-refractivity contribution in [3.63, 3.8) is 0 Å². The smallest absolute Gasteiger partial charge is 0.220 e. The molecule has 2 heterocycles. The molecule has 12 unspecified atom stereocenters. The molecule has 0 saturated carbocycles. The molecule has 14 heteroatoms. The van der Waals surface area contributed by atoms with Gasteiger partial charge in [0, 0.05) is 6.42 Å². The molecule has 2 fully saturated rings. The van der Waals surface area contributed by atoms with Crippen LogP contribution in [-0.2, 0) is 23.7 Å². The molecule has 14 nitrogen and oxygen atoms in total. The van der Waals surface area contributed by atoms with E-state index in [4.69, 9.17) is 18.9 Å². The van der Waals surface area contributed by atoms with Gasteiger partial charge in [0.05, 0.1) is 32.0 Å². The molecule has 102 heavy (non-hydrogen) atoms. The number of amides is 1. The summed E-state index contributed by atoms with van der Waals surface area (Å²) in [6.45, 7) is 2.82. The molecule has 2 aliphatic heterocycles. The zero-order valence-electron chi connectivity index (χ0n) is 65.9.